The summed E-state index contributed by atoms with van der Waals surface area (Å²) in [5, 5.41) is 7.63. The van der Waals surface area contributed by atoms with Crippen LogP contribution >= 0.6 is 0 Å². The summed E-state index contributed by atoms with van der Waals surface area (Å²) in [5.41, 5.74) is 4.83. The SMILES string of the molecule is CC(C)[C@H](NC(=O)OC(C)(C)C)[C@H]1CCn2c(c(C3=C(c4cn(C)c5ccccc45)C(=O)NC3=O)c3ccccc32)C1. The van der Waals surface area contributed by atoms with E-state index in [1.54, 1.807) is 0 Å². The quantitative estimate of drug-likeness (QED) is 0.298. The Kier molecular flexibility index (Phi) is 6.75. The summed E-state index contributed by atoms with van der Waals surface area (Å²) in [4.78, 5) is 40.0. The molecule has 2 aliphatic rings. The van der Waals surface area contributed by atoms with E-state index in [-0.39, 0.29) is 29.7 Å². The van der Waals surface area contributed by atoms with Gasteiger partial charge in [0, 0.05) is 64.5 Å². The van der Waals surface area contributed by atoms with Gasteiger partial charge in [0.25, 0.3) is 11.8 Å². The zero-order valence-corrected chi connectivity index (χ0v) is 25.1. The first-order valence-electron chi connectivity index (χ1n) is 14.7. The highest BCUT2D eigenvalue weighted by Gasteiger charge is 2.39. The van der Waals surface area contributed by atoms with Crippen molar-refractivity contribution in [3.63, 3.8) is 0 Å². The summed E-state index contributed by atoms with van der Waals surface area (Å²) in [5.74, 6) is -0.468. The molecule has 0 unspecified atom stereocenters. The van der Waals surface area contributed by atoms with Gasteiger partial charge in [0.15, 0.2) is 0 Å². The maximum atomic E-state index is 13.7. The molecule has 2 aliphatic heterocycles. The Bertz CT molecular complexity index is 1780. The number of benzene rings is 2. The second kappa shape index (κ2) is 10.2. The maximum absolute atomic E-state index is 13.7. The Balaban J connectivity index is 1.51. The molecular formula is C34H38N4O4. The van der Waals surface area contributed by atoms with Gasteiger partial charge in [-0.15, -0.1) is 0 Å². The normalized spacial score (nSPS) is 18.1. The molecule has 0 spiro atoms. The molecule has 0 bridgehead atoms. The first-order chi connectivity index (χ1) is 19.9. The van der Waals surface area contributed by atoms with Crippen molar-refractivity contribution in [2.45, 2.75) is 65.6 Å². The number of alkyl carbamates (subject to hydrolysis) is 1. The van der Waals surface area contributed by atoms with E-state index >= 15 is 0 Å². The monoisotopic (exact) mass is 566 g/mol. The number of fused-ring (bicyclic) bond motifs is 4. The number of para-hydroxylation sites is 2. The van der Waals surface area contributed by atoms with Crippen molar-refractivity contribution in [3.8, 4) is 0 Å². The maximum Gasteiger partial charge on any atom is 0.407 e. The third-order valence-corrected chi connectivity index (χ3v) is 8.51. The lowest BCUT2D eigenvalue weighted by atomic mass is 9.81. The van der Waals surface area contributed by atoms with Crippen molar-refractivity contribution in [1.82, 2.24) is 19.8 Å². The van der Waals surface area contributed by atoms with Gasteiger partial charge < -0.3 is 19.2 Å². The topological polar surface area (TPSA) is 94.4 Å². The van der Waals surface area contributed by atoms with Gasteiger partial charge in [-0.1, -0.05) is 50.2 Å². The molecule has 0 fully saturated rings. The number of aryl methyl sites for hydroxylation is 2. The minimum atomic E-state index is -0.593. The number of imide groups is 1. The van der Waals surface area contributed by atoms with E-state index in [1.165, 1.54) is 0 Å². The summed E-state index contributed by atoms with van der Waals surface area (Å²) >= 11 is 0. The third-order valence-electron chi connectivity index (χ3n) is 8.51. The Morgan fingerprint density at radius 1 is 0.976 bits per heavy atom. The van der Waals surface area contributed by atoms with E-state index in [4.69, 9.17) is 4.74 Å². The van der Waals surface area contributed by atoms with E-state index in [0.29, 0.717) is 17.6 Å². The lowest BCUT2D eigenvalue weighted by Crippen LogP contribution is -2.47. The van der Waals surface area contributed by atoms with Crippen molar-refractivity contribution >= 4 is 50.9 Å². The van der Waals surface area contributed by atoms with Crippen LogP contribution in [0.5, 0.6) is 0 Å². The number of hydrogen-bond donors (Lipinski definition) is 2. The van der Waals surface area contributed by atoms with Gasteiger partial charge in [0.05, 0.1) is 11.1 Å². The van der Waals surface area contributed by atoms with Crippen LogP contribution in [0.2, 0.25) is 0 Å². The molecule has 42 heavy (non-hydrogen) atoms. The van der Waals surface area contributed by atoms with Gasteiger partial charge in [-0.3, -0.25) is 14.9 Å². The first kappa shape index (κ1) is 27.8. The van der Waals surface area contributed by atoms with Gasteiger partial charge in [-0.05, 0) is 57.6 Å². The molecule has 2 aromatic heterocycles. The third kappa shape index (κ3) is 4.68. The van der Waals surface area contributed by atoms with Gasteiger partial charge in [-0.25, -0.2) is 4.79 Å². The molecule has 8 heteroatoms. The van der Waals surface area contributed by atoms with Crippen molar-refractivity contribution in [1.29, 1.82) is 0 Å². The van der Waals surface area contributed by atoms with Gasteiger partial charge >= 0.3 is 6.09 Å². The molecule has 4 aromatic rings. The fourth-order valence-corrected chi connectivity index (χ4v) is 6.82. The number of carbonyl (C=O) groups excluding carboxylic acids is 3. The number of aromatic nitrogens is 2. The summed E-state index contributed by atoms with van der Waals surface area (Å²) < 4.78 is 9.88. The second-order valence-corrected chi connectivity index (χ2v) is 12.9. The lowest BCUT2D eigenvalue weighted by molar-refractivity contribution is -0.122. The fraction of sp³-hybridized carbons (Fsp3) is 0.382. The van der Waals surface area contributed by atoms with Crippen LogP contribution in [0.25, 0.3) is 33.0 Å². The average molecular weight is 567 g/mol. The Morgan fingerprint density at radius 3 is 2.31 bits per heavy atom. The fourth-order valence-electron chi connectivity index (χ4n) is 6.82. The van der Waals surface area contributed by atoms with E-state index < -0.39 is 11.7 Å². The molecule has 0 saturated heterocycles. The Morgan fingerprint density at radius 2 is 1.62 bits per heavy atom. The van der Waals surface area contributed by atoms with Crippen LogP contribution in [-0.4, -0.2) is 38.7 Å². The van der Waals surface area contributed by atoms with E-state index in [1.807, 2.05) is 81.0 Å². The minimum Gasteiger partial charge on any atom is -0.444 e. The summed E-state index contributed by atoms with van der Waals surface area (Å²) in [7, 11) is 1.95. The molecule has 6 rings (SSSR count). The molecule has 218 valence electrons. The number of carbonyl (C=O) groups is 3. The molecule has 0 saturated carbocycles. The number of hydrogen-bond acceptors (Lipinski definition) is 4. The smallest absolute Gasteiger partial charge is 0.407 e. The van der Waals surface area contributed by atoms with Crippen molar-refractivity contribution in [3.05, 3.63) is 71.5 Å². The molecule has 2 aromatic carbocycles. The molecule has 4 heterocycles. The average Bonchev–Trinajstić information content (AvgIpc) is 3.53. The summed E-state index contributed by atoms with van der Waals surface area (Å²) in [6, 6.07) is 15.9. The van der Waals surface area contributed by atoms with Crippen LogP contribution < -0.4 is 10.6 Å². The molecule has 2 N–H and O–H groups in total. The molecule has 3 amide bonds. The predicted octanol–water partition coefficient (Wildman–Crippen LogP) is 5.81. The number of ether oxygens (including phenoxy) is 1. The number of amides is 3. The summed E-state index contributed by atoms with van der Waals surface area (Å²) in [6.45, 7) is 10.5. The number of nitrogens with zero attached hydrogens (tertiary/aromatic N) is 2. The molecular weight excluding hydrogens is 528 g/mol. The standard InChI is InChI=1S/C34H38N4O4/c1-19(2)30(35-33(41)42-34(3,4)5)20-15-16-38-25-14-10-8-12-22(25)27(26(38)17-20)29-28(31(39)36-32(29)40)23-18-37(6)24-13-9-7-11-21(23)24/h7-14,18-20,30H,15-17H2,1-6H3,(H,35,41)(H,36,39,40)/t20-,30-/m0/s1. The lowest BCUT2D eigenvalue weighted by Gasteiger charge is -2.35. The highest BCUT2D eigenvalue weighted by Crippen LogP contribution is 2.43. The van der Waals surface area contributed by atoms with E-state index in [2.05, 4.69) is 35.1 Å². The van der Waals surface area contributed by atoms with Crippen molar-refractivity contribution < 1.29 is 19.1 Å². The molecule has 0 radical (unpaired) electrons. The van der Waals surface area contributed by atoms with Crippen LogP contribution in [0.15, 0.2) is 54.7 Å². The van der Waals surface area contributed by atoms with Crippen LogP contribution in [-0.2, 0) is 34.3 Å². The first-order valence-corrected chi connectivity index (χ1v) is 14.7. The molecule has 8 nitrogen and oxygen atoms in total. The Hall–Kier alpha value is -4.33. The zero-order valence-electron chi connectivity index (χ0n) is 25.1. The van der Waals surface area contributed by atoms with Crippen LogP contribution in [0.4, 0.5) is 4.79 Å². The second-order valence-electron chi connectivity index (χ2n) is 12.9. The van der Waals surface area contributed by atoms with Gasteiger partial charge in [0.1, 0.15) is 5.60 Å². The van der Waals surface area contributed by atoms with E-state index in [0.717, 1.165) is 51.6 Å². The van der Waals surface area contributed by atoms with E-state index in [9.17, 15) is 14.4 Å². The minimum absolute atomic E-state index is 0.120. The zero-order chi connectivity index (χ0) is 29.9. The van der Waals surface area contributed by atoms with Crippen LogP contribution in [0.3, 0.4) is 0 Å². The molecule has 2 atom stereocenters. The van der Waals surface area contributed by atoms with Crippen molar-refractivity contribution in [2.75, 3.05) is 0 Å². The number of rotatable bonds is 5. The van der Waals surface area contributed by atoms with Gasteiger partial charge in [-0.2, -0.15) is 0 Å². The number of nitrogens with one attached hydrogen (secondary N) is 2. The highest BCUT2D eigenvalue weighted by atomic mass is 16.6. The van der Waals surface area contributed by atoms with Crippen LogP contribution in [0, 0.1) is 11.8 Å². The Labute approximate surface area is 245 Å². The molecule has 0 aliphatic carbocycles. The predicted molar refractivity (Wildman–Crippen MR) is 165 cm³/mol. The van der Waals surface area contributed by atoms with Crippen molar-refractivity contribution in [2.24, 2.45) is 18.9 Å². The highest BCUT2D eigenvalue weighted by molar-refractivity contribution is 6.51. The summed E-state index contributed by atoms with van der Waals surface area (Å²) in [6.07, 6.45) is 3.03. The van der Waals surface area contributed by atoms with Crippen LogP contribution in [0.1, 0.15) is 57.9 Å². The van der Waals surface area contributed by atoms with Gasteiger partial charge in [0.2, 0.25) is 0 Å². The largest absolute Gasteiger partial charge is 0.444 e.